The molecule has 5 aromatic rings. The van der Waals surface area contributed by atoms with Crippen LogP contribution in [0.2, 0.25) is 0 Å². The summed E-state index contributed by atoms with van der Waals surface area (Å²) in [6, 6.07) is 27.3. The van der Waals surface area contributed by atoms with Gasteiger partial charge in [-0.2, -0.15) is 13.8 Å². The van der Waals surface area contributed by atoms with Crippen molar-refractivity contribution in [2.24, 2.45) is 7.05 Å². The van der Waals surface area contributed by atoms with E-state index in [-0.39, 0.29) is 30.2 Å². The maximum atomic E-state index is 15.5. The van der Waals surface area contributed by atoms with Crippen molar-refractivity contribution in [3.8, 4) is 17.4 Å². The number of carbonyl (C=O) groups is 1. The van der Waals surface area contributed by atoms with E-state index in [1.807, 2.05) is 60.7 Å². The van der Waals surface area contributed by atoms with E-state index in [1.165, 1.54) is 15.2 Å². The molecule has 0 bridgehead atoms. The zero-order chi connectivity index (χ0) is 34.1. The summed E-state index contributed by atoms with van der Waals surface area (Å²) in [7, 11) is 1.58. The van der Waals surface area contributed by atoms with Crippen molar-refractivity contribution in [2.75, 3.05) is 13.1 Å². The van der Waals surface area contributed by atoms with Gasteiger partial charge in [-0.1, -0.05) is 72.8 Å². The minimum atomic E-state index is -3.35. The Morgan fingerprint density at radius 2 is 1.52 bits per heavy atom. The van der Waals surface area contributed by atoms with E-state index in [0.29, 0.717) is 29.2 Å². The molecule has 0 saturated carbocycles. The molecule has 248 valence electrons. The Balaban J connectivity index is 1.35. The molecule has 3 aromatic carbocycles. The van der Waals surface area contributed by atoms with Crippen LogP contribution in [0.25, 0.3) is 22.3 Å². The summed E-state index contributed by atoms with van der Waals surface area (Å²) in [5.74, 6) is -2.86. The molecule has 1 aliphatic rings. The number of fused-ring (bicyclic) bond motifs is 1. The Kier molecular flexibility index (Phi) is 8.79. The van der Waals surface area contributed by atoms with Gasteiger partial charge in [-0.25, -0.2) is 9.59 Å². The lowest BCUT2D eigenvalue weighted by Crippen LogP contribution is -2.46. The molecule has 0 saturated heterocycles. The third-order valence-electron chi connectivity index (χ3n) is 7.82. The summed E-state index contributed by atoms with van der Waals surface area (Å²) in [4.78, 5) is 31.9. The van der Waals surface area contributed by atoms with Gasteiger partial charge in [0.15, 0.2) is 0 Å². The van der Waals surface area contributed by atoms with Crippen LogP contribution in [-0.2, 0) is 25.0 Å². The van der Waals surface area contributed by atoms with Gasteiger partial charge >= 0.3 is 11.8 Å². The molecule has 2 aromatic heterocycles. The number of amides is 1. The molecule has 9 nitrogen and oxygen atoms in total. The van der Waals surface area contributed by atoms with Crippen LogP contribution in [0.4, 0.5) is 13.6 Å². The first-order valence-electron chi connectivity index (χ1n) is 15.5. The average molecular weight is 655 g/mol. The van der Waals surface area contributed by atoms with Gasteiger partial charge in [-0.05, 0) is 55.7 Å². The number of pyridine rings is 1. The van der Waals surface area contributed by atoms with Crippen LogP contribution in [0.5, 0.6) is 11.8 Å². The van der Waals surface area contributed by atoms with Crippen LogP contribution in [-0.4, -0.2) is 49.7 Å². The predicted molar refractivity (Wildman–Crippen MR) is 179 cm³/mol. The second-order valence-corrected chi connectivity index (χ2v) is 12.6. The summed E-state index contributed by atoms with van der Waals surface area (Å²) in [6.07, 6.45) is 0.528. The molecule has 11 heteroatoms. The third kappa shape index (κ3) is 6.95. The van der Waals surface area contributed by atoms with E-state index >= 15 is 8.78 Å². The van der Waals surface area contributed by atoms with Crippen molar-refractivity contribution in [3.63, 3.8) is 0 Å². The quantitative estimate of drug-likeness (QED) is 0.177. The van der Waals surface area contributed by atoms with Gasteiger partial charge in [0.2, 0.25) is 11.8 Å². The lowest BCUT2D eigenvalue weighted by atomic mass is 9.95. The Labute approximate surface area is 276 Å². The van der Waals surface area contributed by atoms with Crippen molar-refractivity contribution in [2.45, 2.75) is 45.5 Å². The summed E-state index contributed by atoms with van der Waals surface area (Å²) in [6.45, 7) is 4.67. The number of imidazole rings is 1. The van der Waals surface area contributed by atoms with Gasteiger partial charge in [-0.3, -0.25) is 14.0 Å². The molecular weight excluding hydrogens is 618 g/mol. The zero-order valence-corrected chi connectivity index (χ0v) is 27.2. The number of hydrogen-bond acceptors (Lipinski definition) is 6. The molecule has 0 fully saturated rings. The lowest BCUT2D eigenvalue weighted by molar-refractivity contribution is -0.0105. The van der Waals surface area contributed by atoms with E-state index in [0.717, 1.165) is 16.0 Å². The molecule has 0 N–H and O–H groups in total. The number of carbonyl (C=O) groups excluding carboxylic acids is 1. The van der Waals surface area contributed by atoms with Gasteiger partial charge in [0.25, 0.3) is 5.92 Å². The van der Waals surface area contributed by atoms with E-state index < -0.39 is 29.9 Å². The van der Waals surface area contributed by atoms with E-state index in [9.17, 15) is 9.59 Å². The molecule has 0 spiro atoms. The molecule has 0 aliphatic carbocycles. The minimum absolute atomic E-state index is 0.0374. The summed E-state index contributed by atoms with van der Waals surface area (Å²) < 4.78 is 51.3. The molecule has 6 rings (SSSR count). The number of alkyl halides is 2. The minimum Gasteiger partial charge on any atom is -0.473 e. The standard InChI is InChI=1S/C37H36F2N4O5/c1-36(2,3)48-35(45)42-20-19-28(37(38,39)24-42)27-15-16-29-31(21-27)41(4)34(44)43(29)30-17-18-32(46-22-25-11-7-5-8-12-25)40-33(30)47-23-26-13-9-6-10-14-26/h5-19,21H,20,22-24H2,1-4H3. The van der Waals surface area contributed by atoms with Crippen molar-refractivity contribution in [3.05, 3.63) is 124 Å². The normalized spacial score (nSPS) is 14.5. The van der Waals surface area contributed by atoms with Crippen LogP contribution in [0.3, 0.4) is 0 Å². The lowest BCUT2D eigenvalue weighted by Gasteiger charge is -2.34. The summed E-state index contributed by atoms with van der Waals surface area (Å²) >= 11 is 0. The van der Waals surface area contributed by atoms with Crippen LogP contribution in [0.15, 0.2) is 102 Å². The number of aromatic nitrogens is 3. The second kappa shape index (κ2) is 13.0. The Hall–Kier alpha value is -5.45. The fourth-order valence-corrected chi connectivity index (χ4v) is 5.50. The fourth-order valence-electron chi connectivity index (χ4n) is 5.50. The van der Waals surface area contributed by atoms with Gasteiger partial charge in [0, 0.05) is 25.2 Å². The van der Waals surface area contributed by atoms with Crippen LogP contribution in [0.1, 0.15) is 37.5 Å². The predicted octanol–water partition coefficient (Wildman–Crippen LogP) is 7.15. The van der Waals surface area contributed by atoms with E-state index in [4.69, 9.17) is 14.2 Å². The van der Waals surface area contributed by atoms with Crippen molar-refractivity contribution in [1.29, 1.82) is 0 Å². The molecule has 48 heavy (non-hydrogen) atoms. The Morgan fingerprint density at radius 1 is 0.875 bits per heavy atom. The van der Waals surface area contributed by atoms with Crippen molar-refractivity contribution >= 4 is 22.7 Å². The van der Waals surface area contributed by atoms with Gasteiger partial charge in [0.05, 0.1) is 17.6 Å². The number of hydrogen-bond donors (Lipinski definition) is 0. The van der Waals surface area contributed by atoms with E-state index in [2.05, 4.69) is 4.98 Å². The monoisotopic (exact) mass is 654 g/mol. The highest BCUT2D eigenvalue weighted by Crippen LogP contribution is 2.38. The number of rotatable bonds is 8. The number of nitrogens with zero attached hydrogens (tertiary/aromatic N) is 4. The highest BCUT2D eigenvalue weighted by atomic mass is 19.3. The topological polar surface area (TPSA) is 87.8 Å². The Morgan fingerprint density at radius 3 is 2.15 bits per heavy atom. The van der Waals surface area contributed by atoms with Crippen LogP contribution >= 0.6 is 0 Å². The molecule has 3 heterocycles. The molecule has 0 atom stereocenters. The maximum absolute atomic E-state index is 15.5. The molecule has 0 radical (unpaired) electrons. The summed E-state index contributed by atoms with van der Waals surface area (Å²) in [5.41, 5.74) is 1.95. The van der Waals surface area contributed by atoms with Gasteiger partial charge < -0.3 is 14.2 Å². The smallest absolute Gasteiger partial charge is 0.410 e. The third-order valence-corrected chi connectivity index (χ3v) is 7.82. The van der Waals surface area contributed by atoms with Gasteiger partial charge in [-0.15, -0.1) is 0 Å². The van der Waals surface area contributed by atoms with E-state index in [1.54, 1.807) is 58.2 Å². The average Bonchev–Trinajstić information content (AvgIpc) is 3.30. The fraction of sp³-hybridized carbons (Fsp3) is 0.270. The molecular formula is C37H36F2N4O5. The zero-order valence-electron chi connectivity index (χ0n) is 27.2. The first-order chi connectivity index (χ1) is 22.9. The largest absolute Gasteiger partial charge is 0.473 e. The molecule has 1 amide bonds. The van der Waals surface area contributed by atoms with Gasteiger partial charge in [0.1, 0.15) is 24.5 Å². The first kappa shape index (κ1) is 32.5. The summed E-state index contributed by atoms with van der Waals surface area (Å²) in [5, 5.41) is 0. The Bertz CT molecular complexity index is 2030. The highest BCUT2D eigenvalue weighted by molar-refractivity contribution is 5.85. The molecule has 1 aliphatic heterocycles. The second-order valence-electron chi connectivity index (χ2n) is 12.6. The van der Waals surface area contributed by atoms with Crippen LogP contribution in [0, 0.1) is 0 Å². The SMILES string of the molecule is Cn1c(=O)n(-c2ccc(OCc3ccccc3)nc2OCc2ccccc2)c2ccc(C3=CCN(C(=O)OC(C)(C)C)CC3(F)F)cc21. The number of halogens is 2. The number of benzene rings is 3. The van der Waals surface area contributed by atoms with Crippen molar-refractivity contribution < 1.29 is 27.8 Å². The van der Waals surface area contributed by atoms with Crippen LogP contribution < -0.4 is 15.2 Å². The van der Waals surface area contributed by atoms with Crippen molar-refractivity contribution in [1.82, 2.24) is 19.0 Å². The highest BCUT2D eigenvalue weighted by Gasteiger charge is 2.42. The maximum Gasteiger partial charge on any atom is 0.410 e. The number of ether oxygens (including phenoxy) is 3. The number of aryl methyl sites for hydroxylation is 1. The first-order valence-corrected chi connectivity index (χ1v) is 15.5. The molecule has 0 unspecified atom stereocenters.